The third kappa shape index (κ3) is 12.0. The first-order valence-electron chi connectivity index (χ1n) is 9.89. The summed E-state index contributed by atoms with van der Waals surface area (Å²) in [6.07, 6.45) is 5.81. The van der Waals surface area contributed by atoms with Crippen molar-refractivity contribution in [3.8, 4) is 0 Å². The first kappa shape index (κ1) is 23.9. The number of rotatable bonds is 14. The summed E-state index contributed by atoms with van der Waals surface area (Å²) >= 11 is 0. The number of amides is 1. The summed E-state index contributed by atoms with van der Waals surface area (Å²) in [5.41, 5.74) is 5.88. The highest BCUT2D eigenvalue weighted by molar-refractivity contribution is 5.78. The molecule has 5 heteroatoms. The van der Waals surface area contributed by atoms with Gasteiger partial charge in [-0.2, -0.15) is 0 Å². The summed E-state index contributed by atoms with van der Waals surface area (Å²) in [4.78, 5) is 23.6. The van der Waals surface area contributed by atoms with E-state index in [4.69, 9.17) is 10.5 Å². The molecular weight excluding hydrogens is 316 g/mol. The van der Waals surface area contributed by atoms with E-state index < -0.39 is 0 Å². The molecule has 0 spiro atoms. The maximum absolute atomic E-state index is 12.5. The fraction of sp³-hybridized carbons (Fsp3) is 0.900. The van der Waals surface area contributed by atoms with E-state index >= 15 is 0 Å². The highest BCUT2D eigenvalue weighted by atomic mass is 16.5. The summed E-state index contributed by atoms with van der Waals surface area (Å²) in [7, 11) is 0. The van der Waals surface area contributed by atoms with Crippen molar-refractivity contribution >= 4 is 11.9 Å². The van der Waals surface area contributed by atoms with Gasteiger partial charge in [-0.15, -0.1) is 0 Å². The van der Waals surface area contributed by atoms with Crippen LogP contribution in [0.2, 0.25) is 0 Å². The zero-order chi connectivity index (χ0) is 19.3. The monoisotopic (exact) mass is 356 g/mol. The van der Waals surface area contributed by atoms with E-state index in [0.717, 1.165) is 38.5 Å². The third-order valence-electron chi connectivity index (χ3n) is 4.60. The Morgan fingerprint density at radius 3 is 2.44 bits per heavy atom. The van der Waals surface area contributed by atoms with Crippen LogP contribution in [-0.4, -0.2) is 31.6 Å². The highest BCUT2D eigenvalue weighted by Gasteiger charge is 2.22. The molecule has 0 aromatic heterocycles. The molecule has 0 aliphatic rings. The quantitative estimate of drug-likeness (QED) is 0.368. The van der Waals surface area contributed by atoms with Gasteiger partial charge in [-0.1, -0.05) is 41.0 Å². The van der Waals surface area contributed by atoms with Gasteiger partial charge in [0.05, 0.1) is 6.61 Å². The predicted molar refractivity (Wildman–Crippen MR) is 103 cm³/mol. The Morgan fingerprint density at radius 2 is 1.88 bits per heavy atom. The first-order valence-corrected chi connectivity index (χ1v) is 9.89. The molecule has 0 aromatic rings. The Labute approximate surface area is 154 Å². The molecule has 0 aromatic carbocycles. The van der Waals surface area contributed by atoms with Crippen LogP contribution in [0.25, 0.3) is 0 Å². The van der Waals surface area contributed by atoms with Crippen molar-refractivity contribution in [2.45, 2.75) is 79.6 Å². The summed E-state index contributed by atoms with van der Waals surface area (Å²) < 4.78 is 5.09. The Hall–Kier alpha value is -1.10. The molecule has 148 valence electrons. The average molecular weight is 357 g/mol. The molecule has 0 heterocycles. The summed E-state index contributed by atoms with van der Waals surface area (Å²) in [5, 5.41) is 3.11. The topological polar surface area (TPSA) is 81.4 Å². The maximum Gasteiger partial charge on any atom is 0.305 e. The molecule has 0 fully saturated rings. The van der Waals surface area contributed by atoms with Crippen molar-refractivity contribution in [1.82, 2.24) is 5.32 Å². The lowest BCUT2D eigenvalue weighted by atomic mass is 9.80. The van der Waals surface area contributed by atoms with E-state index in [1.54, 1.807) is 6.92 Å². The Morgan fingerprint density at radius 1 is 1.20 bits per heavy atom. The second-order valence-electron chi connectivity index (χ2n) is 7.96. The molecule has 25 heavy (non-hydrogen) atoms. The molecular formula is C20H40N2O3. The second-order valence-corrected chi connectivity index (χ2v) is 7.96. The van der Waals surface area contributed by atoms with Crippen LogP contribution in [-0.2, 0) is 14.3 Å². The second kappa shape index (κ2) is 13.2. The van der Waals surface area contributed by atoms with Gasteiger partial charge >= 0.3 is 5.97 Å². The molecule has 0 aliphatic carbocycles. The molecule has 0 aliphatic heterocycles. The molecule has 0 saturated carbocycles. The van der Waals surface area contributed by atoms with Gasteiger partial charge in [-0.25, -0.2) is 0 Å². The van der Waals surface area contributed by atoms with Crippen LogP contribution in [0.15, 0.2) is 0 Å². The number of esters is 1. The minimum Gasteiger partial charge on any atom is -0.466 e. The van der Waals surface area contributed by atoms with Crippen molar-refractivity contribution in [2.75, 3.05) is 19.7 Å². The number of hydrogen-bond donors (Lipinski definition) is 2. The van der Waals surface area contributed by atoms with Gasteiger partial charge in [-0.3, -0.25) is 9.59 Å². The minimum absolute atomic E-state index is 0.00887. The number of carbonyl (C=O) groups is 2. The first-order chi connectivity index (χ1) is 11.8. The lowest BCUT2D eigenvalue weighted by Crippen LogP contribution is -2.35. The van der Waals surface area contributed by atoms with Crippen LogP contribution in [0, 0.1) is 17.3 Å². The number of carbonyl (C=O) groups excluding carboxylic acids is 2. The van der Waals surface area contributed by atoms with Crippen LogP contribution >= 0.6 is 0 Å². The van der Waals surface area contributed by atoms with Crippen LogP contribution in [0.5, 0.6) is 0 Å². The summed E-state index contributed by atoms with van der Waals surface area (Å²) in [5.74, 6) is 0.394. The molecule has 0 rings (SSSR count). The van der Waals surface area contributed by atoms with E-state index in [-0.39, 0.29) is 23.2 Å². The molecule has 0 saturated heterocycles. The van der Waals surface area contributed by atoms with Crippen molar-refractivity contribution in [1.29, 1.82) is 0 Å². The molecule has 1 amide bonds. The van der Waals surface area contributed by atoms with Gasteiger partial charge in [0.25, 0.3) is 0 Å². The van der Waals surface area contributed by atoms with Gasteiger partial charge in [-0.05, 0) is 50.0 Å². The Balaban J connectivity index is 4.24. The molecule has 1 unspecified atom stereocenters. The zero-order valence-corrected chi connectivity index (χ0v) is 17.0. The third-order valence-corrected chi connectivity index (χ3v) is 4.60. The van der Waals surface area contributed by atoms with E-state index in [1.807, 2.05) is 0 Å². The van der Waals surface area contributed by atoms with Gasteiger partial charge in [0.2, 0.25) is 5.91 Å². The highest BCUT2D eigenvalue weighted by Crippen LogP contribution is 2.28. The molecule has 5 nitrogen and oxygen atoms in total. The van der Waals surface area contributed by atoms with Crippen molar-refractivity contribution in [3.05, 3.63) is 0 Å². The molecule has 2 atom stereocenters. The SMILES string of the molecule is CCC[C@@H](CCCOC(=O)CC)C(=O)NCC(C)CC(C)(C)CCN. The molecule has 3 N–H and O–H groups in total. The van der Waals surface area contributed by atoms with Crippen LogP contribution < -0.4 is 11.1 Å². The lowest BCUT2D eigenvalue weighted by molar-refractivity contribution is -0.143. The number of nitrogens with one attached hydrogen (secondary N) is 1. The van der Waals surface area contributed by atoms with Crippen molar-refractivity contribution in [3.63, 3.8) is 0 Å². The molecule has 0 radical (unpaired) electrons. The van der Waals surface area contributed by atoms with Gasteiger partial charge < -0.3 is 15.8 Å². The number of nitrogens with two attached hydrogens (primary N) is 1. The Bertz CT molecular complexity index is 383. The largest absolute Gasteiger partial charge is 0.466 e. The van der Waals surface area contributed by atoms with Gasteiger partial charge in [0.1, 0.15) is 0 Å². The standard InChI is InChI=1S/C20H40N2O3/c1-6-9-17(10-8-13-25-18(23)7-2)19(24)22-15-16(3)14-20(4,5)11-12-21/h16-17H,6-15,21H2,1-5H3,(H,22,24)/t16?,17-/m0/s1. The van der Waals surface area contributed by atoms with Crippen LogP contribution in [0.3, 0.4) is 0 Å². The van der Waals surface area contributed by atoms with Crippen molar-refractivity contribution < 1.29 is 14.3 Å². The maximum atomic E-state index is 12.5. The van der Waals surface area contributed by atoms with E-state index in [9.17, 15) is 9.59 Å². The number of hydrogen-bond acceptors (Lipinski definition) is 4. The van der Waals surface area contributed by atoms with Crippen molar-refractivity contribution in [2.24, 2.45) is 23.0 Å². The fourth-order valence-corrected chi connectivity index (χ4v) is 3.30. The van der Waals surface area contributed by atoms with Crippen LogP contribution in [0.1, 0.15) is 79.6 Å². The summed E-state index contributed by atoms with van der Waals surface area (Å²) in [6.45, 7) is 12.3. The van der Waals surface area contributed by atoms with Crippen LogP contribution in [0.4, 0.5) is 0 Å². The fourth-order valence-electron chi connectivity index (χ4n) is 3.30. The average Bonchev–Trinajstić information content (AvgIpc) is 2.54. The minimum atomic E-state index is -0.176. The van der Waals surface area contributed by atoms with E-state index in [0.29, 0.717) is 32.0 Å². The smallest absolute Gasteiger partial charge is 0.305 e. The predicted octanol–water partition coefficient (Wildman–Crippen LogP) is 3.65. The normalized spacial score (nSPS) is 14.0. The van der Waals surface area contributed by atoms with E-state index in [2.05, 4.69) is 33.0 Å². The summed E-state index contributed by atoms with van der Waals surface area (Å²) in [6, 6.07) is 0. The zero-order valence-electron chi connectivity index (χ0n) is 17.0. The lowest BCUT2D eigenvalue weighted by Gasteiger charge is -2.28. The van der Waals surface area contributed by atoms with Gasteiger partial charge in [0.15, 0.2) is 0 Å². The Kier molecular flexibility index (Phi) is 12.6. The van der Waals surface area contributed by atoms with Gasteiger partial charge in [0, 0.05) is 18.9 Å². The van der Waals surface area contributed by atoms with E-state index in [1.165, 1.54) is 0 Å². The molecule has 0 bridgehead atoms. The number of ether oxygens (including phenoxy) is 1.